The standard InChI is InChI=1S/C13H24N2O3/c1-12(2)9(7-10(12)16)15-11(17)13(8-14)3-5-18-6-4-13/h9-10,16H,3-8,14H2,1-2H3,(H,15,17). The van der Waals surface area contributed by atoms with Crippen molar-refractivity contribution >= 4 is 5.91 Å². The molecule has 1 heterocycles. The minimum atomic E-state index is -0.477. The lowest BCUT2D eigenvalue weighted by Gasteiger charge is -2.50. The molecule has 1 aliphatic heterocycles. The Hall–Kier alpha value is -0.650. The van der Waals surface area contributed by atoms with Gasteiger partial charge in [0.1, 0.15) is 0 Å². The molecule has 5 nitrogen and oxygen atoms in total. The molecule has 1 saturated heterocycles. The third-order valence-electron chi connectivity index (χ3n) is 4.84. The number of amides is 1. The average Bonchev–Trinajstić information content (AvgIpc) is 2.39. The van der Waals surface area contributed by atoms with Gasteiger partial charge < -0.3 is 20.9 Å². The molecule has 2 unspecified atom stereocenters. The number of nitrogens with two attached hydrogens (primary N) is 1. The van der Waals surface area contributed by atoms with Gasteiger partial charge in [-0.3, -0.25) is 4.79 Å². The van der Waals surface area contributed by atoms with E-state index in [2.05, 4.69) is 5.32 Å². The second-order valence-electron chi connectivity index (χ2n) is 6.20. The first-order chi connectivity index (χ1) is 8.42. The van der Waals surface area contributed by atoms with Gasteiger partial charge in [0, 0.05) is 31.2 Å². The highest BCUT2D eigenvalue weighted by Crippen LogP contribution is 2.41. The van der Waals surface area contributed by atoms with Gasteiger partial charge in [-0.1, -0.05) is 13.8 Å². The smallest absolute Gasteiger partial charge is 0.227 e. The minimum Gasteiger partial charge on any atom is -0.392 e. The fourth-order valence-electron chi connectivity index (χ4n) is 2.74. The van der Waals surface area contributed by atoms with Crippen LogP contribution in [0, 0.1) is 10.8 Å². The third-order valence-corrected chi connectivity index (χ3v) is 4.84. The van der Waals surface area contributed by atoms with Gasteiger partial charge >= 0.3 is 0 Å². The SMILES string of the molecule is CC1(C)C(O)CC1NC(=O)C1(CN)CCOCC1. The van der Waals surface area contributed by atoms with Gasteiger partial charge in [-0.2, -0.15) is 0 Å². The maximum Gasteiger partial charge on any atom is 0.227 e. The van der Waals surface area contributed by atoms with Crippen LogP contribution in [0.2, 0.25) is 0 Å². The summed E-state index contributed by atoms with van der Waals surface area (Å²) >= 11 is 0. The Morgan fingerprint density at radius 2 is 2.06 bits per heavy atom. The van der Waals surface area contributed by atoms with Crippen LogP contribution in [0.5, 0.6) is 0 Å². The van der Waals surface area contributed by atoms with Crippen LogP contribution in [-0.2, 0) is 9.53 Å². The van der Waals surface area contributed by atoms with E-state index in [0.29, 0.717) is 39.0 Å². The molecule has 1 saturated carbocycles. The molecular weight excluding hydrogens is 232 g/mol. The summed E-state index contributed by atoms with van der Waals surface area (Å²) < 4.78 is 5.30. The van der Waals surface area contributed by atoms with E-state index in [1.165, 1.54) is 0 Å². The van der Waals surface area contributed by atoms with E-state index >= 15 is 0 Å². The maximum atomic E-state index is 12.4. The van der Waals surface area contributed by atoms with Crippen molar-refractivity contribution in [3.8, 4) is 0 Å². The number of aliphatic hydroxyl groups excluding tert-OH is 1. The molecule has 1 amide bonds. The first kappa shape index (κ1) is 13.8. The summed E-state index contributed by atoms with van der Waals surface area (Å²) in [5, 5.41) is 12.8. The van der Waals surface area contributed by atoms with Crippen LogP contribution in [0.25, 0.3) is 0 Å². The predicted molar refractivity (Wildman–Crippen MR) is 67.9 cm³/mol. The average molecular weight is 256 g/mol. The number of carbonyl (C=O) groups is 1. The highest BCUT2D eigenvalue weighted by atomic mass is 16.5. The summed E-state index contributed by atoms with van der Waals surface area (Å²) in [7, 11) is 0. The van der Waals surface area contributed by atoms with Gasteiger partial charge in [-0.05, 0) is 19.3 Å². The van der Waals surface area contributed by atoms with E-state index in [-0.39, 0.29) is 23.5 Å². The molecule has 5 heteroatoms. The number of hydrogen-bond acceptors (Lipinski definition) is 4. The quantitative estimate of drug-likeness (QED) is 0.664. The van der Waals surface area contributed by atoms with Gasteiger partial charge in [0.05, 0.1) is 11.5 Å². The van der Waals surface area contributed by atoms with Crippen molar-refractivity contribution in [1.29, 1.82) is 0 Å². The molecular formula is C13H24N2O3. The summed E-state index contributed by atoms with van der Waals surface area (Å²) in [6.07, 6.45) is 1.68. The van der Waals surface area contributed by atoms with Crippen molar-refractivity contribution in [2.24, 2.45) is 16.6 Å². The number of hydrogen-bond donors (Lipinski definition) is 3. The van der Waals surface area contributed by atoms with Crippen LogP contribution in [0.3, 0.4) is 0 Å². The summed E-state index contributed by atoms with van der Waals surface area (Å²) in [5.74, 6) is 0.0262. The van der Waals surface area contributed by atoms with Crippen LogP contribution >= 0.6 is 0 Å². The molecule has 1 aliphatic carbocycles. The Labute approximate surface area is 108 Å². The van der Waals surface area contributed by atoms with Gasteiger partial charge in [0.25, 0.3) is 0 Å². The van der Waals surface area contributed by atoms with Crippen molar-refractivity contribution in [3.63, 3.8) is 0 Å². The van der Waals surface area contributed by atoms with Crippen molar-refractivity contribution < 1.29 is 14.6 Å². The molecule has 4 N–H and O–H groups in total. The van der Waals surface area contributed by atoms with E-state index in [4.69, 9.17) is 10.5 Å². The zero-order valence-electron chi connectivity index (χ0n) is 11.2. The van der Waals surface area contributed by atoms with E-state index in [0.717, 1.165) is 0 Å². The second-order valence-corrected chi connectivity index (χ2v) is 6.20. The summed E-state index contributed by atoms with van der Waals surface area (Å²) in [5.41, 5.74) is 5.09. The highest BCUT2D eigenvalue weighted by Gasteiger charge is 2.50. The zero-order chi connectivity index (χ0) is 13.4. The molecule has 104 valence electrons. The fourth-order valence-corrected chi connectivity index (χ4v) is 2.74. The Balaban J connectivity index is 1.99. The lowest BCUT2D eigenvalue weighted by atomic mass is 9.64. The fraction of sp³-hybridized carbons (Fsp3) is 0.923. The Morgan fingerprint density at radius 1 is 1.44 bits per heavy atom. The van der Waals surface area contributed by atoms with E-state index in [9.17, 15) is 9.90 Å². The zero-order valence-corrected chi connectivity index (χ0v) is 11.2. The molecule has 2 fully saturated rings. The van der Waals surface area contributed by atoms with Crippen molar-refractivity contribution in [1.82, 2.24) is 5.32 Å². The second kappa shape index (κ2) is 4.79. The van der Waals surface area contributed by atoms with Gasteiger partial charge in [0.2, 0.25) is 5.91 Å². The maximum absolute atomic E-state index is 12.4. The largest absolute Gasteiger partial charge is 0.392 e. The molecule has 0 aromatic carbocycles. The van der Waals surface area contributed by atoms with Crippen molar-refractivity contribution in [3.05, 3.63) is 0 Å². The number of carbonyl (C=O) groups excluding carboxylic acids is 1. The van der Waals surface area contributed by atoms with Gasteiger partial charge in [0.15, 0.2) is 0 Å². The third kappa shape index (κ3) is 2.15. The number of rotatable bonds is 3. The topological polar surface area (TPSA) is 84.6 Å². The first-order valence-corrected chi connectivity index (χ1v) is 6.69. The molecule has 2 atom stereocenters. The molecule has 0 spiro atoms. The first-order valence-electron chi connectivity index (χ1n) is 6.69. The monoisotopic (exact) mass is 256 g/mol. The molecule has 2 rings (SSSR count). The number of aliphatic hydroxyl groups is 1. The Kier molecular flexibility index (Phi) is 3.67. The van der Waals surface area contributed by atoms with Crippen LogP contribution in [-0.4, -0.2) is 42.9 Å². The van der Waals surface area contributed by atoms with E-state index < -0.39 is 5.41 Å². The summed E-state index contributed by atoms with van der Waals surface area (Å²) in [6, 6.07) is 0.0475. The molecule has 0 bridgehead atoms. The highest BCUT2D eigenvalue weighted by molar-refractivity contribution is 5.83. The molecule has 0 aromatic rings. The van der Waals surface area contributed by atoms with Crippen LogP contribution in [0.1, 0.15) is 33.1 Å². The number of nitrogens with one attached hydrogen (secondary N) is 1. The van der Waals surface area contributed by atoms with Crippen LogP contribution in [0.15, 0.2) is 0 Å². The number of ether oxygens (including phenoxy) is 1. The summed E-state index contributed by atoms with van der Waals surface area (Å²) in [6.45, 7) is 5.51. The normalized spacial score (nSPS) is 33.6. The lowest BCUT2D eigenvalue weighted by molar-refractivity contribution is -0.143. The molecule has 0 aromatic heterocycles. The van der Waals surface area contributed by atoms with Crippen LogP contribution in [0.4, 0.5) is 0 Å². The predicted octanol–water partition coefficient (Wildman–Crippen LogP) is 0.0175. The van der Waals surface area contributed by atoms with Crippen molar-refractivity contribution in [2.75, 3.05) is 19.8 Å². The molecule has 2 aliphatic rings. The van der Waals surface area contributed by atoms with E-state index in [1.54, 1.807) is 0 Å². The summed E-state index contributed by atoms with van der Waals surface area (Å²) in [4.78, 5) is 12.4. The molecule has 18 heavy (non-hydrogen) atoms. The van der Waals surface area contributed by atoms with Gasteiger partial charge in [-0.15, -0.1) is 0 Å². The van der Waals surface area contributed by atoms with E-state index in [1.807, 2.05) is 13.8 Å². The van der Waals surface area contributed by atoms with Crippen LogP contribution < -0.4 is 11.1 Å². The van der Waals surface area contributed by atoms with Crippen molar-refractivity contribution in [2.45, 2.75) is 45.3 Å². The Morgan fingerprint density at radius 3 is 2.50 bits per heavy atom. The van der Waals surface area contributed by atoms with Gasteiger partial charge in [-0.25, -0.2) is 0 Å². The lowest BCUT2D eigenvalue weighted by Crippen LogP contribution is -2.64. The molecule has 0 radical (unpaired) electrons. The Bertz CT molecular complexity index is 324. The minimum absolute atomic E-state index is 0.0262.